The van der Waals surface area contributed by atoms with Gasteiger partial charge in [0.15, 0.2) is 0 Å². The first-order valence-electron chi connectivity index (χ1n) is 11.5. The number of hydrogen-bond acceptors (Lipinski definition) is 6. The standard InChI is InChI=1S/C28H33N5S.C2H2/c1-7-21(18-33(5)6)13-22(8-2)24-14-23(28(29)31-15-24)12-19(3)32-26-17-30-16-25(20(26)4)27-10-9-11-34-27;1-2/h7-11,13-17,32H,1,3,12,18H2,2,4-6H3,(H2,29,31);1-2H/b21-13+,22-8+;. The van der Waals surface area contributed by atoms with Crippen LogP contribution in [0.15, 0.2) is 84.8 Å². The number of nitrogens with one attached hydrogen (secondary N) is 1. The van der Waals surface area contributed by atoms with E-state index in [9.17, 15) is 0 Å². The van der Waals surface area contributed by atoms with Gasteiger partial charge >= 0.3 is 0 Å². The lowest BCUT2D eigenvalue weighted by Gasteiger charge is -2.16. The smallest absolute Gasteiger partial charge is 0.126 e. The Labute approximate surface area is 219 Å². The number of rotatable bonds is 10. The van der Waals surface area contributed by atoms with Gasteiger partial charge in [-0.05, 0) is 62.2 Å². The molecule has 0 bridgehead atoms. The van der Waals surface area contributed by atoms with Gasteiger partial charge in [-0.15, -0.1) is 24.2 Å². The number of nitrogen functional groups attached to an aromatic ring is 1. The van der Waals surface area contributed by atoms with Gasteiger partial charge in [0.05, 0.1) is 11.9 Å². The van der Waals surface area contributed by atoms with Crippen LogP contribution in [0.4, 0.5) is 11.5 Å². The Hall–Kier alpha value is -3.92. The number of pyridine rings is 2. The normalized spacial score (nSPS) is 11.5. The number of hydrogen-bond donors (Lipinski definition) is 2. The molecule has 0 saturated heterocycles. The van der Waals surface area contributed by atoms with Crippen LogP contribution in [0.5, 0.6) is 0 Å². The Morgan fingerprint density at radius 3 is 2.61 bits per heavy atom. The van der Waals surface area contributed by atoms with Crippen molar-refractivity contribution in [2.45, 2.75) is 20.3 Å². The second-order valence-electron chi connectivity index (χ2n) is 8.42. The Kier molecular flexibility index (Phi) is 10.9. The number of allylic oxidation sites excluding steroid dienone is 4. The van der Waals surface area contributed by atoms with Gasteiger partial charge in [0, 0.05) is 52.6 Å². The van der Waals surface area contributed by atoms with E-state index >= 15 is 0 Å². The highest BCUT2D eigenvalue weighted by atomic mass is 32.1. The van der Waals surface area contributed by atoms with Crippen LogP contribution < -0.4 is 11.1 Å². The maximum absolute atomic E-state index is 6.24. The molecule has 3 aromatic heterocycles. The van der Waals surface area contributed by atoms with Crippen molar-refractivity contribution in [1.82, 2.24) is 14.9 Å². The van der Waals surface area contributed by atoms with E-state index in [2.05, 4.69) is 82.8 Å². The number of likely N-dealkylation sites (N-methyl/N-ethyl adjacent to an activating group) is 1. The Morgan fingerprint density at radius 1 is 1.25 bits per heavy atom. The average molecular weight is 498 g/mol. The molecule has 0 amide bonds. The molecule has 3 heterocycles. The summed E-state index contributed by atoms with van der Waals surface area (Å²) in [6.07, 6.45) is 20.2. The van der Waals surface area contributed by atoms with Gasteiger partial charge in [-0.1, -0.05) is 37.5 Å². The zero-order chi connectivity index (χ0) is 26.7. The second kappa shape index (κ2) is 13.8. The zero-order valence-corrected chi connectivity index (χ0v) is 22.4. The molecule has 3 aromatic rings. The maximum Gasteiger partial charge on any atom is 0.126 e. The third kappa shape index (κ3) is 7.54. The van der Waals surface area contributed by atoms with Crippen molar-refractivity contribution in [3.05, 3.63) is 102 Å². The lowest BCUT2D eigenvalue weighted by Crippen LogP contribution is -2.14. The SMILES string of the molecule is C#C.C=C/C(=C\C(=C/C)c1cnc(N)c(CC(=C)Nc2cncc(-c3cccs3)c2C)c1)CN(C)C. The average Bonchev–Trinajstić information content (AvgIpc) is 3.40. The van der Waals surface area contributed by atoms with Gasteiger partial charge in [-0.25, -0.2) is 4.98 Å². The first kappa shape index (κ1) is 28.3. The molecular formula is C30H35N5S. The third-order valence-electron chi connectivity index (χ3n) is 5.46. The van der Waals surface area contributed by atoms with Crippen LogP contribution in [0, 0.1) is 19.8 Å². The number of nitrogens with zero attached hydrogens (tertiary/aromatic N) is 3. The van der Waals surface area contributed by atoms with Crippen LogP contribution in [0.1, 0.15) is 23.6 Å². The van der Waals surface area contributed by atoms with Crippen LogP contribution in [0.25, 0.3) is 16.0 Å². The summed E-state index contributed by atoms with van der Waals surface area (Å²) < 4.78 is 0. The van der Waals surface area contributed by atoms with E-state index in [4.69, 9.17) is 5.73 Å². The van der Waals surface area contributed by atoms with Gasteiger partial charge in [-0.3, -0.25) is 4.98 Å². The Morgan fingerprint density at radius 2 is 2.00 bits per heavy atom. The molecule has 186 valence electrons. The summed E-state index contributed by atoms with van der Waals surface area (Å²) in [5.74, 6) is 0.505. The molecule has 0 saturated carbocycles. The number of aromatic nitrogens is 2. The molecule has 0 aliphatic heterocycles. The number of anilines is 2. The summed E-state index contributed by atoms with van der Waals surface area (Å²) in [5, 5.41) is 5.51. The van der Waals surface area contributed by atoms with Gasteiger partial charge in [0.1, 0.15) is 5.82 Å². The summed E-state index contributed by atoms with van der Waals surface area (Å²) in [4.78, 5) is 12.2. The van der Waals surface area contributed by atoms with Crippen LogP contribution in [0.3, 0.4) is 0 Å². The van der Waals surface area contributed by atoms with Crippen molar-refractivity contribution in [1.29, 1.82) is 0 Å². The van der Waals surface area contributed by atoms with Crippen molar-refractivity contribution in [3.8, 4) is 23.3 Å². The highest BCUT2D eigenvalue weighted by Crippen LogP contribution is 2.31. The third-order valence-corrected chi connectivity index (χ3v) is 6.37. The van der Waals surface area contributed by atoms with Gasteiger partial charge < -0.3 is 16.0 Å². The molecule has 0 aromatic carbocycles. The molecule has 0 spiro atoms. The molecule has 0 radical (unpaired) electrons. The number of nitrogens with two attached hydrogens (primary N) is 1. The van der Waals surface area contributed by atoms with Gasteiger partial charge in [0.2, 0.25) is 0 Å². The van der Waals surface area contributed by atoms with E-state index in [-0.39, 0.29) is 0 Å². The van der Waals surface area contributed by atoms with Crippen LogP contribution in [-0.2, 0) is 6.42 Å². The topological polar surface area (TPSA) is 67.1 Å². The first-order valence-corrected chi connectivity index (χ1v) is 12.4. The second-order valence-corrected chi connectivity index (χ2v) is 9.36. The van der Waals surface area contributed by atoms with Crippen molar-refractivity contribution in [3.63, 3.8) is 0 Å². The number of thiophene rings is 1. The number of terminal acetylenes is 1. The minimum absolute atomic E-state index is 0.505. The molecular weight excluding hydrogens is 462 g/mol. The fourth-order valence-corrected chi connectivity index (χ4v) is 4.48. The minimum Gasteiger partial charge on any atom is -0.383 e. The predicted octanol–water partition coefficient (Wildman–Crippen LogP) is 6.59. The molecule has 3 N–H and O–H groups in total. The molecule has 3 rings (SSSR count). The molecule has 0 aliphatic carbocycles. The van der Waals surface area contributed by atoms with Crippen molar-refractivity contribution >= 4 is 28.4 Å². The van der Waals surface area contributed by atoms with Crippen LogP contribution >= 0.6 is 11.3 Å². The van der Waals surface area contributed by atoms with E-state index in [0.717, 1.165) is 51.3 Å². The molecule has 0 aliphatic rings. The quantitative estimate of drug-likeness (QED) is 0.244. The summed E-state index contributed by atoms with van der Waals surface area (Å²) in [6, 6.07) is 6.24. The van der Waals surface area contributed by atoms with Gasteiger partial charge in [-0.2, -0.15) is 0 Å². The molecule has 0 atom stereocenters. The lowest BCUT2D eigenvalue weighted by molar-refractivity contribution is 0.449. The zero-order valence-electron chi connectivity index (χ0n) is 21.6. The molecule has 6 heteroatoms. The molecule has 0 unspecified atom stereocenters. The Balaban J connectivity index is 0.00000222. The maximum atomic E-state index is 6.24. The van der Waals surface area contributed by atoms with Gasteiger partial charge in [0.25, 0.3) is 0 Å². The van der Waals surface area contributed by atoms with Crippen molar-refractivity contribution in [2.75, 3.05) is 31.7 Å². The summed E-state index contributed by atoms with van der Waals surface area (Å²) in [5.41, 5.74) is 14.4. The van der Waals surface area contributed by atoms with Crippen molar-refractivity contribution in [2.24, 2.45) is 0 Å². The fourth-order valence-electron chi connectivity index (χ4n) is 3.68. The minimum atomic E-state index is 0.505. The van der Waals surface area contributed by atoms with Crippen LogP contribution in [-0.4, -0.2) is 35.5 Å². The molecule has 0 fully saturated rings. The van der Waals surface area contributed by atoms with E-state index in [1.54, 1.807) is 11.3 Å². The molecule has 36 heavy (non-hydrogen) atoms. The van der Waals surface area contributed by atoms with E-state index in [0.29, 0.717) is 12.2 Å². The van der Waals surface area contributed by atoms with Crippen LogP contribution in [0.2, 0.25) is 0 Å². The lowest BCUT2D eigenvalue weighted by atomic mass is 10.0. The van der Waals surface area contributed by atoms with Crippen molar-refractivity contribution < 1.29 is 0 Å². The van der Waals surface area contributed by atoms with E-state index in [1.807, 2.05) is 51.8 Å². The summed E-state index contributed by atoms with van der Waals surface area (Å²) in [7, 11) is 4.09. The summed E-state index contributed by atoms with van der Waals surface area (Å²) in [6.45, 7) is 13.1. The highest BCUT2D eigenvalue weighted by molar-refractivity contribution is 7.13. The molecule has 5 nitrogen and oxygen atoms in total. The monoisotopic (exact) mass is 497 g/mol. The Bertz CT molecular complexity index is 1260. The summed E-state index contributed by atoms with van der Waals surface area (Å²) >= 11 is 1.70. The van der Waals surface area contributed by atoms with E-state index in [1.165, 1.54) is 4.88 Å². The predicted molar refractivity (Wildman–Crippen MR) is 158 cm³/mol. The largest absolute Gasteiger partial charge is 0.383 e. The fraction of sp³-hybridized carbons (Fsp3) is 0.200. The van der Waals surface area contributed by atoms with E-state index < -0.39 is 0 Å². The highest BCUT2D eigenvalue weighted by Gasteiger charge is 2.11. The first-order chi connectivity index (χ1) is 17.3.